The lowest BCUT2D eigenvalue weighted by molar-refractivity contribution is 0.156. The van der Waals surface area contributed by atoms with E-state index in [2.05, 4.69) is 10.3 Å². The Bertz CT molecular complexity index is 1000. The van der Waals surface area contributed by atoms with Gasteiger partial charge < -0.3 is 19.5 Å². The Kier molecular flexibility index (Phi) is 5.53. The van der Waals surface area contributed by atoms with Crippen molar-refractivity contribution in [3.8, 4) is 28.6 Å². The van der Waals surface area contributed by atoms with Crippen LogP contribution in [0.5, 0.6) is 17.4 Å². The van der Waals surface area contributed by atoms with Crippen LogP contribution < -0.4 is 19.5 Å². The van der Waals surface area contributed by atoms with Gasteiger partial charge in [-0.15, -0.1) is 0 Å². The zero-order valence-corrected chi connectivity index (χ0v) is 16.8. The number of hydrogen-bond donors (Lipinski definition) is 1. The van der Waals surface area contributed by atoms with Gasteiger partial charge in [0.2, 0.25) is 5.88 Å². The number of methoxy groups -OCH3 is 2. The maximum absolute atomic E-state index is 13.5. The second-order valence-corrected chi connectivity index (χ2v) is 7.16. The van der Waals surface area contributed by atoms with Crippen LogP contribution in [-0.4, -0.2) is 47.9 Å². The molecule has 0 aliphatic carbocycles. The fourth-order valence-electron chi connectivity index (χ4n) is 3.73. The van der Waals surface area contributed by atoms with Crippen molar-refractivity contribution in [2.24, 2.45) is 5.92 Å². The average molecular weight is 400 g/mol. The highest BCUT2D eigenvalue weighted by atomic mass is 19.1. The summed E-state index contributed by atoms with van der Waals surface area (Å²) in [5, 5.41) is 3.35. The number of benzene rings is 1. The highest BCUT2D eigenvalue weighted by molar-refractivity contribution is 5.85. The van der Waals surface area contributed by atoms with E-state index in [0.717, 1.165) is 25.1 Å². The third kappa shape index (κ3) is 3.72. The van der Waals surface area contributed by atoms with Gasteiger partial charge in [0.05, 0.1) is 31.8 Å². The average Bonchev–Trinajstić information content (AvgIpc) is 3.43. The summed E-state index contributed by atoms with van der Waals surface area (Å²) in [4.78, 5) is 9.08. The summed E-state index contributed by atoms with van der Waals surface area (Å²) >= 11 is 0. The van der Waals surface area contributed by atoms with Crippen LogP contribution in [-0.2, 0) is 6.80 Å². The number of alkyl halides is 1. The van der Waals surface area contributed by atoms with Crippen molar-refractivity contribution in [3.05, 3.63) is 30.6 Å². The summed E-state index contributed by atoms with van der Waals surface area (Å²) in [7, 11) is 3.18. The topological polar surface area (TPSA) is 70.4 Å². The third-order valence-corrected chi connectivity index (χ3v) is 5.43. The van der Waals surface area contributed by atoms with Crippen LogP contribution in [0.1, 0.15) is 13.3 Å². The van der Waals surface area contributed by atoms with Crippen LogP contribution in [0.15, 0.2) is 30.6 Å². The SMILES string of the molecule is COc1ccc(-c2cc3ncn(CF)c3c(O[C@H](C)[C@@H]3CCNC3)n2)cc1OC. The molecule has 3 aromatic rings. The van der Waals surface area contributed by atoms with Gasteiger partial charge in [-0.3, -0.25) is 4.57 Å². The molecule has 154 valence electrons. The van der Waals surface area contributed by atoms with Gasteiger partial charge in [0.1, 0.15) is 11.6 Å². The summed E-state index contributed by atoms with van der Waals surface area (Å²) in [6, 6.07) is 7.41. The second-order valence-electron chi connectivity index (χ2n) is 7.16. The lowest BCUT2D eigenvalue weighted by Crippen LogP contribution is -2.26. The molecule has 0 spiro atoms. The minimum Gasteiger partial charge on any atom is -0.493 e. The van der Waals surface area contributed by atoms with Gasteiger partial charge in [0, 0.05) is 18.0 Å². The summed E-state index contributed by atoms with van der Waals surface area (Å²) in [6.45, 7) is 3.23. The normalized spacial score (nSPS) is 17.4. The van der Waals surface area contributed by atoms with Gasteiger partial charge >= 0.3 is 0 Å². The van der Waals surface area contributed by atoms with Crippen molar-refractivity contribution >= 4 is 11.0 Å². The standard InChI is InChI=1S/C21H25FN4O3/c1-13(15-6-7-23-10-15)29-21-20-17(24-12-26(20)11-22)9-16(25-21)14-4-5-18(27-2)19(8-14)28-3/h4-5,8-9,12-13,15,23H,6-7,10-11H2,1-3H3/t13-,15-/m1/s1. The van der Waals surface area contributed by atoms with Crippen LogP contribution in [0.4, 0.5) is 4.39 Å². The lowest BCUT2D eigenvalue weighted by Gasteiger charge is -2.20. The van der Waals surface area contributed by atoms with Gasteiger partial charge in [0.15, 0.2) is 18.3 Å². The number of nitrogens with one attached hydrogen (secondary N) is 1. The van der Waals surface area contributed by atoms with E-state index in [4.69, 9.17) is 19.2 Å². The summed E-state index contributed by atoms with van der Waals surface area (Å²) in [5.41, 5.74) is 2.71. The molecule has 0 radical (unpaired) electrons. The van der Waals surface area contributed by atoms with Gasteiger partial charge in [-0.1, -0.05) is 0 Å². The van der Waals surface area contributed by atoms with Crippen LogP contribution >= 0.6 is 0 Å². The maximum atomic E-state index is 13.5. The molecule has 0 saturated carbocycles. The lowest BCUT2D eigenvalue weighted by atomic mass is 10.0. The molecule has 29 heavy (non-hydrogen) atoms. The predicted octanol–water partition coefficient (Wildman–Crippen LogP) is 3.42. The number of ether oxygens (including phenoxy) is 3. The molecule has 4 rings (SSSR count). The molecule has 1 saturated heterocycles. The molecule has 1 fully saturated rings. The fraction of sp³-hybridized carbons (Fsp3) is 0.429. The van der Waals surface area contributed by atoms with Crippen molar-refractivity contribution < 1.29 is 18.6 Å². The number of rotatable bonds is 7. The number of pyridine rings is 1. The van der Waals surface area contributed by atoms with E-state index in [1.807, 2.05) is 31.2 Å². The van der Waals surface area contributed by atoms with Gasteiger partial charge in [-0.2, -0.15) is 0 Å². The van der Waals surface area contributed by atoms with Crippen LogP contribution in [0.2, 0.25) is 0 Å². The van der Waals surface area contributed by atoms with Crippen molar-refractivity contribution in [1.82, 2.24) is 19.9 Å². The molecule has 1 aliphatic rings. The molecule has 3 heterocycles. The van der Waals surface area contributed by atoms with Crippen LogP contribution in [0, 0.1) is 5.92 Å². The summed E-state index contributed by atoms with van der Waals surface area (Å²) in [5.74, 6) is 2.02. The summed E-state index contributed by atoms with van der Waals surface area (Å²) in [6.07, 6.45) is 2.46. The third-order valence-electron chi connectivity index (χ3n) is 5.43. The van der Waals surface area contributed by atoms with E-state index in [0.29, 0.717) is 40.0 Å². The number of imidazole rings is 1. The van der Waals surface area contributed by atoms with Crippen LogP contribution in [0.3, 0.4) is 0 Å². The molecular formula is C21H25FN4O3. The molecule has 8 heteroatoms. The predicted molar refractivity (Wildman–Crippen MR) is 108 cm³/mol. The highest BCUT2D eigenvalue weighted by Gasteiger charge is 2.25. The number of nitrogens with zero attached hydrogens (tertiary/aromatic N) is 3. The minimum atomic E-state index is -0.691. The Morgan fingerprint density at radius 3 is 2.76 bits per heavy atom. The molecule has 7 nitrogen and oxygen atoms in total. The Balaban J connectivity index is 1.78. The number of hydrogen-bond acceptors (Lipinski definition) is 6. The van der Waals surface area contributed by atoms with Crippen molar-refractivity contribution in [2.75, 3.05) is 27.3 Å². The maximum Gasteiger partial charge on any atom is 0.241 e. The molecule has 1 N–H and O–H groups in total. The monoisotopic (exact) mass is 400 g/mol. The Morgan fingerprint density at radius 1 is 1.24 bits per heavy atom. The van der Waals surface area contributed by atoms with E-state index < -0.39 is 6.80 Å². The molecule has 1 aliphatic heterocycles. The van der Waals surface area contributed by atoms with E-state index >= 15 is 0 Å². The first-order valence-electron chi connectivity index (χ1n) is 9.66. The van der Waals surface area contributed by atoms with E-state index in [1.54, 1.807) is 14.2 Å². The first-order chi connectivity index (χ1) is 14.1. The Morgan fingerprint density at radius 2 is 2.07 bits per heavy atom. The fourth-order valence-corrected chi connectivity index (χ4v) is 3.73. The Hall–Kier alpha value is -2.87. The van der Waals surface area contributed by atoms with Crippen molar-refractivity contribution in [1.29, 1.82) is 0 Å². The molecular weight excluding hydrogens is 375 g/mol. The smallest absolute Gasteiger partial charge is 0.241 e. The van der Waals surface area contributed by atoms with Crippen molar-refractivity contribution in [3.63, 3.8) is 0 Å². The van der Waals surface area contributed by atoms with E-state index in [-0.39, 0.29) is 6.10 Å². The van der Waals surface area contributed by atoms with Gasteiger partial charge in [-0.05, 0) is 44.2 Å². The minimum absolute atomic E-state index is 0.0516. The van der Waals surface area contributed by atoms with Crippen molar-refractivity contribution in [2.45, 2.75) is 26.2 Å². The first-order valence-corrected chi connectivity index (χ1v) is 9.66. The zero-order valence-electron chi connectivity index (χ0n) is 16.8. The van der Waals surface area contributed by atoms with Gasteiger partial charge in [0.25, 0.3) is 0 Å². The van der Waals surface area contributed by atoms with E-state index in [1.165, 1.54) is 10.9 Å². The molecule has 0 amide bonds. The molecule has 1 aromatic carbocycles. The largest absolute Gasteiger partial charge is 0.493 e. The number of aromatic nitrogens is 3. The quantitative estimate of drug-likeness (QED) is 0.655. The molecule has 2 aromatic heterocycles. The Labute approximate surface area is 168 Å². The van der Waals surface area contributed by atoms with Gasteiger partial charge in [-0.25, -0.2) is 14.4 Å². The molecule has 2 atom stereocenters. The zero-order chi connectivity index (χ0) is 20.4. The molecule has 0 unspecified atom stereocenters. The second kappa shape index (κ2) is 8.24. The van der Waals surface area contributed by atoms with E-state index in [9.17, 15) is 4.39 Å². The highest BCUT2D eigenvalue weighted by Crippen LogP contribution is 2.35. The summed E-state index contributed by atoms with van der Waals surface area (Å²) < 4.78 is 31.9. The number of halogens is 1. The molecule has 0 bridgehead atoms. The van der Waals surface area contributed by atoms with Crippen LogP contribution in [0.25, 0.3) is 22.3 Å². The number of fused-ring (bicyclic) bond motifs is 1. The first kappa shape index (κ1) is 19.4.